The average molecular weight is 427 g/mol. The molecule has 0 saturated carbocycles. The number of fused-ring (bicyclic) bond motifs is 3. The maximum absolute atomic E-state index is 13.4. The van der Waals surface area contributed by atoms with E-state index in [0.717, 1.165) is 12.8 Å². The number of benzene rings is 1. The van der Waals surface area contributed by atoms with Crippen LogP contribution in [0.4, 0.5) is 0 Å². The minimum atomic E-state index is -1.17. The van der Waals surface area contributed by atoms with E-state index in [0.29, 0.717) is 54.6 Å². The molecule has 3 atom stereocenters. The number of methoxy groups -OCH3 is 2. The van der Waals surface area contributed by atoms with Gasteiger partial charge in [0.2, 0.25) is 5.88 Å². The summed E-state index contributed by atoms with van der Waals surface area (Å²) in [6, 6.07) is 5.31. The highest BCUT2D eigenvalue weighted by Gasteiger charge is 2.51. The summed E-state index contributed by atoms with van der Waals surface area (Å²) in [5, 5.41) is 11.6. The number of amides is 1. The number of aliphatic hydroxyl groups is 1. The minimum Gasteiger partial charge on any atom is -0.486 e. The number of piperidine rings is 1. The van der Waals surface area contributed by atoms with Crippen LogP contribution in [0.5, 0.6) is 23.4 Å². The van der Waals surface area contributed by atoms with Crippen molar-refractivity contribution < 1.29 is 28.8 Å². The highest BCUT2D eigenvalue weighted by atomic mass is 16.6. The van der Waals surface area contributed by atoms with Gasteiger partial charge >= 0.3 is 6.01 Å². The standard InChI is InChI=1S/C22H25N3O6/c1-28-19-16(12-23-21(24-19)29-2)22(27)10-14-4-5-15(11-22)25(14)20(26)13-3-6-17-18(9-13)31-8-7-30-17/h3,6,9,12,14-15,27H,4-5,7-8,10-11H2,1-2H3/t14-,15+,22?. The lowest BCUT2D eigenvalue weighted by atomic mass is 9.81. The van der Waals surface area contributed by atoms with Crippen molar-refractivity contribution in [2.24, 2.45) is 0 Å². The molecule has 0 aliphatic carbocycles. The molecule has 2 saturated heterocycles. The van der Waals surface area contributed by atoms with Crippen LogP contribution >= 0.6 is 0 Å². The van der Waals surface area contributed by atoms with Gasteiger partial charge in [0.05, 0.1) is 19.8 Å². The van der Waals surface area contributed by atoms with Gasteiger partial charge in [-0.25, -0.2) is 4.98 Å². The lowest BCUT2D eigenvalue weighted by molar-refractivity contribution is -0.0497. The van der Waals surface area contributed by atoms with Gasteiger partial charge in [0.25, 0.3) is 5.91 Å². The Morgan fingerprint density at radius 2 is 1.84 bits per heavy atom. The number of aromatic nitrogens is 2. The zero-order chi connectivity index (χ0) is 21.6. The van der Waals surface area contributed by atoms with Gasteiger partial charge in [0.1, 0.15) is 18.8 Å². The Hall–Kier alpha value is -3.07. The number of carbonyl (C=O) groups excluding carboxylic acids is 1. The Labute approximate surface area is 179 Å². The first-order valence-corrected chi connectivity index (χ1v) is 10.4. The second kappa shape index (κ2) is 7.56. The average Bonchev–Trinajstić information content (AvgIpc) is 3.09. The van der Waals surface area contributed by atoms with E-state index in [1.807, 2.05) is 4.90 Å². The number of carbonyl (C=O) groups is 1. The molecule has 9 nitrogen and oxygen atoms in total. The van der Waals surface area contributed by atoms with E-state index in [9.17, 15) is 9.90 Å². The van der Waals surface area contributed by atoms with Gasteiger partial charge in [-0.2, -0.15) is 4.98 Å². The van der Waals surface area contributed by atoms with Crippen LogP contribution in [0.3, 0.4) is 0 Å². The van der Waals surface area contributed by atoms with Gasteiger partial charge in [-0.15, -0.1) is 0 Å². The SMILES string of the molecule is COc1ncc(C2(O)C[C@H]3CC[C@@H](C2)N3C(=O)c2ccc3c(c2)OCCO3)c(OC)n1. The molecule has 2 bridgehead atoms. The zero-order valence-corrected chi connectivity index (χ0v) is 17.5. The van der Waals surface area contributed by atoms with Gasteiger partial charge in [-0.1, -0.05) is 0 Å². The fourth-order valence-electron chi connectivity index (χ4n) is 5.03. The molecule has 5 rings (SSSR count). The molecule has 1 N–H and O–H groups in total. The van der Waals surface area contributed by atoms with Crippen LogP contribution < -0.4 is 18.9 Å². The van der Waals surface area contributed by atoms with Gasteiger partial charge in [0, 0.05) is 36.7 Å². The molecule has 3 aliphatic heterocycles. The van der Waals surface area contributed by atoms with Gasteiger partial charge in [0.15, 0.2) is 11.5 Å². The van der Waals surface area contributed by atoms with Gasteiger partial charge in [-0.05, 0) is 31.0 Å². The number of hydrogen-bond acceptors (Lipinski definition) is 8. The van der Waals surface area contributed by atoms with Crippen LogP contribution in [0.1, 0.15) is 41.6 Å². The van der Waals surface area contributed by atoms with Crippen molar-refractivity contribution in [3.8, 4) is 23.4 Å². The monoisotopic (exact) mass is 427 g/mol. The summed E-state index contributed by atoms with van der Waals surface area (Å²) >= 11 is 0. The molecule has 9 heteroatoms. The van der Waals surface area contributed by atoms with E-state index in [-0.39, 0.29) is 24.0 Å². The molecule has 2 aromatic rings. The predicted molar refractivity (Wildman–Crippen MR) is 109 cm³/mol. The second-order valence-corrected chi connectivity index (χ2v) is 8.18. The molecule has 1 aromatic heterocycles. The Bertz CT molecular complexity index is 999. The molecular weight excluding hydrogens is 402 g/mol. The summed E-state index contributed by atoms with van der Waals surface area (Å²) < 4.78 is 21.7. The van der Waals surface area contributed by atoms with E-state index in [1.54, 1.807) is 24.4 Å². The fraction of sp³-hybridized carbons (Fsp3) is 0.500. The molecule has 0 spiro atoms. The van der Waals surface area contributed by atoms with Crippen LogP contribution in [-0.2, 0) is 5.60 Å². The molecule has 4 heterocycles. The predicted octanol–water partition coefficient (Wildman–Crippen LogP) is 1.92. The number of hydrogen-bond donors (Lipinski definition) is 1. The third kappa shape index (κ3) is 3.33. The van der Waals surface area contributed by atoms with E-state index in [2.05, 4.69) is 9.97 Å². The van der Waals surface area contributed by atoms with Crippen molar-refractivity contribution in [2.45, 2.75) is 43.4 Å². The first kappa shape index (κ1) is 19.9. The first-order chi connectivity index (χ1) is 15.0. The molecule has 0 radical (unpaired) electrons. The van der Waals surface area contributed by atoms with Crippen LogP contribution in [0.15, 0.2) is 24.4 Å². The quantitative estimate of drug-likeness (QED) is 0.790. The van der Waals surface area contributed by atoms with E-state index >= 15 is 0 Å². The maximum atomic E-state index is 13.4. The largest absolute Gasteiger partial charge is 0.486 e. The van der Waals surface area contributed by atoms with Crippen LogP contribution in [-0.4, -0.2) is 65.4 Å². The van der Waals surface area contributed by atoms with Crippen molar-refractivity contribution in [3.05, 3.63) is 35.5 Å². The Kier molecular flexibility index (Phi) is 4.85. The van der Waals surface area contributed by atoms with Crippen molar-refractivity contribution >= 4 is 5.91 Å². The van der Waals surface area contributed by atoms with Crippen molar-refractivity contribution in [1.29, 1.82) is 0 Å². The Morgan fingerprint density at radius 3 is 2.52 bits per heavy atom. The van der Waals surface area contributed by atoms with Gasteiger partial charge < -0.3 is 29.0 Å². The molecule has 1 unspecified atom stereocenters. The summed E-state index contributed by atoms with van der Waals surface area (Å²) in [5.41, 5.74) is -0.0800. The topological polar surface area (TPSA) is 103 Å². The van der Waals surface area contributed by atoms with Crippen molar-refractivity contribution in [2.75, 3.05) is 27.4 Å². The molecular formula is C22H25N3O6. The normalized spacial score (nSPS) is 26.5. The molecule has 1 amide bonds. The maximum Gasteiger partial charge on any atom is 0.319 e. The Balaban J connectivity index is 1.41. The summed E-state index contributed by atoms with van der Waals surface area (Å²) in [6.45, 7) is 0.978. The lowest BCUT2D eigenvalue weighted by Gasteiger charge is -2.44. The van der Waals surface area contributed by atoms with Gasteiger partial charge in [-0.3, -0.25) is 4.79 Å². The highest BCUT2D eigenvalue weighted by Crippen LogP contribution is 2.48. The van der Waals surface area contributed by atoms with Crippen LogP contribution in [0, 0.1) is 0 Å². The molecule has 31 heavy (non-hydrogen) atoms. The molecule has 3 aliphatic rings. The van der Waals surface area contributed by atoms with E-state index in [4.69, 9.17) is 18.9 Å². The summed E-state index contributed by atoms with van der Waals surface area (Å²) in [6.07, 6.45) is 4.02. The van der Waals surface area contributed by atoms with E-state index < -0.39 is 5.60 Å². The molecule has 1 aromatic carbocycles. The third-order valence-electron chi connectivity index (χ3n) is 6.40. The number of ether oxygens (including phenoxy) is 4. The highest BCUT2D eigenvalue weighted by molar-refractivity contribution is 5.95. The third-order valence-corrected chi connectivity index (χ3v) is 6.40. The number of nitrogens with zero attached hydrogens (tertiary/aromatic N) is 3. The first-order valence-electron chi connectivity index (χ1n) is 10.4. The summed E-state index contributed by atoms with van der Waals surface area (Å²) in [5.74, 6) is 1.49. The molecule has 164 valence electrons. The van der Waals surface area contributed by atoms with Crippen LogP contribution in [0.2, 0.25) is 0 Å². The number of rotatable bonds is 4. The summed E-state index contributed by atoms with van der Waals surface area (Å²) in [4.78, 5) is 23.7. The van der Waals surface area contributed by atoms with Crippen LogP contribution in [0.25, 0.3) is 0 Å². The summed E-state index contributed by atoms with van der Waals surface area (Å²) in [7, 11) is 2.98. The van der Waals surface area contributed by atoms with Crippen molar-refractivity contribution in [1.82, 2.24) is 14.9 Å². The lowest BCUT2D eigenvalue weighted by Crippen LogP contribution is -2.52. The zero-order valence-electron chi connectivity index (χ0n) is 17.5. The Morgan fingerprint density at radius 1 is 1.13 bits per heavy atom. The smallest absolute Gasteiger partial charge is 0.319 e. The minimum absolute atomic E-state index is 0.0514. The second-order valence-electron chi connectivity index (χ2n) is 8.18. The molecule has 2 fully saturated rings. The van der Waals surface area contributed by atoms with E-state index in [1.165, 1.54) is 14.2 Å². The fourth-order valence-corrected chi connectivity index (χ4v) is 5.03. The van der Waals surface area contributed by atoms with Crippen molar-refractivity contribution in [3.63, 3.8) is 0 Å².